The Morgan fingerprint density at radius 2 is 2.05 bits per heavy atom. The highest BCUT2D eigenvalue weighted by atomic mass is 32.1. The van der Waals surface area contributed by atoms with Gasteiger partial charge >= 0.3 is 0 Å². The Morgan fingerprint density at radius 3 is 2.70 bits per heavy atom. The SMILES string of the molecule is CC(Cc1ccc(F)cc1)Nc1nccc(C(N)=S)n1. The number of hydrogen-bond acceptors (Lipinski definition) is 4. The summed E-state index contributed by atoms with van der Waals surface area (Å²) in [5.41, 5.74) is 7.10. The van der Waals surface area contributed by atoms with Gasteiger partial charge < -0.3 is 11.1 Å². The van der Waals surface area contributed by atoms with Gasteiger partial charge in [-0.25, -0.2) is 14.4 Å². The number of anilines is 1. The second-order valence-electron chi connectivity index (χ2n) is 4.51. The highest BCUT2D eigenvalue weighted by Gasteiger charge is 2.07. The third-order valence-corrected chi connectivity index (χ3v) is 2.95. The minimum atomic E-state index is -0.234. The van der Waals surface area contributed by atoms with Gasteiger partial charge in [-0.3, -0.25) is 0 Å². The van der Waals surface area contributed by atoms with Crippen LogP contribution in [0.3, 0.4) is 0 Å². The van der Waals surface area contributed by atoms with E-state index in [1.165, 1.54) is 12.1 Å². The lowest BCUT2D eigenvalue weighted by Gasteiger charge is -2.14. The predicted octanol–water partition coefficient (Wildman–Crippen LogP) is 2.29. The Hall–Kier alpha value is -2.08. The van der Waals surface area contributed by atoms with Crippen molar-refractivity contribution in [3.8, 4) is 0 Å². The fourth-order valence-electron chi connectivity index (χ4n) is 1.81. The highest BCUT2D eigenvalue weighted by Crippen LogP contribution is 2.09. The molecule has 1 unspecified atom stereocenters. The lowest BCUT2D eigenvalue weighted by atomic mass is 10.1. The molecule has 2 rings (SSSR count). The number of hydrogen-bond donors (Lipinski definition) is 2. The lowest BCUT2D eigenvalue weighted by Crippen LogP contribution is -2.21. The molecule has 104 valence electrons. The van der Waals surface area contributed by atoms with E-state index in [9.17, 15) is 4.39 Å². The second-order valence-corrected chi connectivity index (χ2v) is 4.95. The molecule has 1 aromatic carbocycles. The summed E-state index contributed by atoms with van der Waals surface area (Å²) in [6.07, 6.45) is 2.34. The van der Waals surface area contributed by atoms with Gasteiger partial charge in [0.25, 0.3) is 0 Å². The molecule has 0 amide bonds. The van der Waals surface area contributed by atoms with Gasteiger partial charge in [0.2, 0.25) is 5.95 Å². The van der Waals surface area contributed by atoms with Gasteiger partial charge in [-0.1, -0.05) is 24.4 Å². The van der Waals surface area contributed by atoms with E-state index in [1.807, 2.05) is 6.92 Å². The zero-order valence-electron chi connectivity index (χ0n) is 11.0. The number of thiocarbonyl (C=S) groups is 1. The first kappa shape index (κ1) is 14.3. The van der Waals surface area contributed by atoms with Crippen LogP contribution in [0.15, 0.2) is 36.5 Å². The molecule has 1 heterocycles. The highest BCUT2D eigenvalue weighted by molar-refractivity contribution is 7.80. The number of nitrogens with zero attached hydrogens (tertiary/aromatic N) is 2. The van der Waals surface area contributed by atoms with Gasteiger partial charge in [0.1, 0.15) is 16.5 Å². The minimum absolute atomic E-state index is 0.0991. The number of rotatable bonds is 5. The van der Waals surface area contributed by atoms with Crippen LogP contribution >= 0.6 is 12.2 Å². The molecule has 0 fully saturated rings. The molecule has 1 atom stereocenters. The summed E-state index contributed by atoms with van der Waals surface area (Å²) in [4.78, 5) is 8.58. The normalized spacial score (nSPS) is 11.9. The van der Waals surface area contributed by atoms with Gasteiger partial charge in [-0.15, -0.1) is 0 Å². The second kappa shape index (κ2) is 6.38. The van der Waals surface area contributed by atoms with E-state index in [1.54, 1.807) is 24.4 Å². The van der Waals surface area contributed by atoms with Crippen LogP contribution in [0.5, 0.6) is 0 Å². The molecular formula is C14H15FN4S. The number of halogens is 1. The summed E-state index contributed by atoms with van der Waals surface area (Å²) in [7, 11) is 0. The first-order valence-electron chi connectivity index (χ1n) is 6.18. The monoisotopic (exact) mass is 290 g/mol. The summed E-state index contributed by atoms with van der Waals surface area (Å²) in [6, 6.07) is 8.19. The molecule has 0 aliphatic rings. The van der Waals surface area contributed by atoms with Crippen LogP contribution in [0.2, 0.25) is 0 Å². The number of nitrogens with one attached hydrogen (secondary N) is 1. The Labute approximate surface area is 122 Å². The van der Waals surface area contributed by atoms with E-state index >= 15 is 0 Å². The standard InChI is InChI=1S/C14H15FN4S/c1-9(8-10-2-4-11(15)5-3-10)18-14-17-7-6-12(19-14)13(16)20/h2-7,9H,8H2,1H3,(H2,16,20)(H,17,18,19). The van der Waals surface area contributed by atoms with Crippen molar-refractivity contribution >= 4 is 23.2 Å². The molecule has 20 heavy (non-hydrogen) atoms. The Balaban J connectivity index is 2.00. The number of nitrogens with two attached hydrogens (primary N) is 1. The Morgan fingerprint density at radius 1 is 1.35 bits per heavy atom. The van der Waals surface area contributed by atoms with Crippen molar-refractivity contribution in [3.05, 3.63) is 53.6 Å². The Kier molecular flexibility index (Phi) is 4.57. The van der Waals surface area contributed by atoms with Crippen molar-refractivity contribution in [3.63, 3.8) is 0 Å². The van der Waals surface area contributed by atoms with Crippen LogP contribution in [-0.2, 0) is 6.42 Å². The van der Waals surface area contributed by atoms with Crippen LogP contribution in [-0.4, -0.2) is 21.0 Å². The first-order valence-corrected chi connectivity index (χ1v) is 6.59. The van der Waals surface area contributed by atoms with Gasteiger partial charge in [0, 0.05) is 12.2 Å². The quantitative estimate of drug-likeness (QED) is 0.827. The third-order valence-electron chi connectivity index (χ3n) is 2.74. The van der Waals surface area contributed by atoms with Gasteiger partial charge in [0.05, 0.1) is 0 Å². The molecular weight excluding hydrogens is 275 g/mol. The molecule has 0 saturated heterocycles. The molecule has 4 nitrogen and oxygen atoms in total. The molecule has 0 aliphatic carbocycles. The molecule has 0 bridgehead atoms. The van der Waals surface area contributed by atoms with Crippen molar-refractivity contribution in [2.24, 2.45) is 5.73 Å². The lowest BCUT2D eigenvalue weighted by molar-refractivity contribution is 0.626. The predicted molar refractivity (Wildman–Crippen MR) is 81.1 cm³/mol. The summed E-state index contributed by atoms with van der Waals surface area (Å²) < 4.78 is 12.8. The van der Waals surface area contributed by atoms with Crippen molar-refractivity contribution < 1.29 is 4.39 Å². The zero-order chi connectivity index (χ0) is 14.5. The smallest absolute Gasteiger partial charge is 0.223 e. The molecule has 6 heteroatoms. The molecule has 2 aromatic rings. The van der Waals surface area contributed by atoms with Crippen molar-refractivity contribution in [2.75, 3.05) is 5.32 Å². The molecule has 0 spiro atoms. The first-order chi connectivity index (χ1) is 9.54. The van der Waals surface area contributed by atoms with Gasteiger partial charge in [0.15, 0.2) is 0 Å². The van der Waals surface area contributed by atoms with Crippen molar-refractivity contribution in [1.29, 1.82) is 0 Å². The van der Waals surface area contributed by atoms with E-state index in [0.29, 0.717) is 11.6 Å². The van der Waals surface area contributed by atoms with E-state index in [-0.39, 0.29) is 16.8 Å². The van der Waals surface area contributed by atoms with Crippen molar-refractivity contribution in [1.82, 2.24) is 9.97 Å². The van der Waals surface area contributed by atoms with E-state index < -0.39 is 0 Å². The van der Waals surface area contributed by atoms with E-state index in [4.69, 9.17) is 18.0 Å². The zero-order valence-corrected chi connectivity index (χ0v) is 11.8. The maximum Gasteiger partial charge on any atom is 0.223 e. The maximum atomic E-state index is 12.8. The van der Waals surface area contributed by atoms with E-state index in [2.05, 4.69) is 15.3 Å². The maximum absolute atomic E-state index is 12.8. The van der Waals surface area contributed by atoms with Crippen molar-refractivity contribution in [2.45, 2.75) is 19.4 Å². The molecule has 1 aromatic heterocycles. The van der Waals surface area contributed by atoms with Crippen LogP contribution in [0, 0.1) is 5.82 Å². The van der Waals surface area contributed by atoms with Crippen LogP contribution in [0.1, 0.15) is 18.2 Å². The van der Waals surface area contributed by atoms with Crippen LogP contribution in [0.4, 0.5) is 10.3 Å². The fraction of sp³-hybridized carbons (Fsp3) is 0.214. The average Bonchev–Trinajstić information content (AvgIpc) is 2.41. The van der Waals surface area contributed by atoms with Crippen LogP contribution < -0.4 is 11.1 Å². The fourth-order valence-corrected chi connectivity index (χ4v) is 1.92. The number of aromatic nitrogens is 2. The Bertz CT molecular complexity index is 600. The van der Waals surface area contributed by atoms with Gasteiger partial charge in [-0.2, -0.15) is 0 Å². The number of benzene rings is 1. The van der Waals surface area contributed by atoms with E-state index in [0.717, 1.165) is 12.0 Å². The summed E-state index contributed by atoms with van der Waals surface area (Å²) >= 11 is 4.88. The summed E-state index contributed by atoms with van der Waals surface area (Å²) in [5.74, 6) is 0.242. The molecule has 3 N–H and O–H groups in total. The summed E-state index contributed by atoms with van der Waals surface area (Å²) in [5, 5.41) is 3.17. The molecule has 0 radical (unpaired) electrons. The average molecular weight is 290 g/mol. The third kappa shape index (κ3) is 3.96. The topological polar surface area (TPSA) is 63.8 Å². The molecule has 0 saturated carbocycles. The summed E-state index contributed by atoms with van der Waals surface area (Å²) in [6.45, 7) is 2.00. The molecule has 0 aliphatic heterocycles. The van der Waals surface area contributed by atoms with Crippen LogP contribution in [0.25, 0.3) is 0 Å². The van der Waals surface area contributed by atoms with Gasteiger partial charge in [-0.05, 0) is 37.1 Å². The minimum Gasteiger partial charge on any atom is -0.388 e. The largest absolute Gasteiger partial charge is 0.388 e.